The highest BCUT2D eigenvalue weighted by atomic mass is 16.5. The molecule has 1 aromatic carbocycles. The molecule has 0 saturated heterocycles. The van der Waals surface area contributed by atoms with Crippen LogP contribution in [0.4, 0.5) is 5.82 Å². The molecule has 0 radical (unpaired) electrons. The van der Waals surface area contributed by atoms with Crippen molar-refractivity contribution in [2.45, 2.75) is 32.9 Å². The molecule has 0 bridgehead atoms. The minimum atomic E-state index is -0.980. The number of nitrogens with zero attached hydrogens (tertiary/aromatic N) is 2. The van der Waals surface area contributed by atoms with E-state index >= 15 is 0 Å². The van der Waals surface area contributed by atoms with Gasteiger partial charge in [-0.15, -0.1) is 0 Å². The lowest BCUT2D eigenvalue weighted by atomic mass is 10.2. The maximum absolute atomic E-state index is 12.3. The van der Waals surface area contributed by atoms with Gasteiger partial charge in [-0.05, 0) is 39.0 Å². The number of ether oxygens (including phenoxy) is 3. The number of hydrogen-bond donors (Lipinski definition) is 1. The van der Waals surface area contributed by atoms with E-state index < -0.39 is 18.0 Å². The zero-order valence-electron chi connectivity index (χ0n) is 15.5. The van der Waals surface area contributed by atoms with E-state index in [-0.39, 0.29) is 11.6 Å². The number of hydrogen-bond acceptors (Lipinski definition) is 6. The molecule has 0 aliphatic rings. The van der Waals surface area contributed by atoms with E-state index in [1.807, 2.05) is 13.8 Å². The summed E-state index contributed by atoms with van der Waals surface area (Å²) in [6, 6.07) is 6.41. The van der Waals surface area contributed by atoms with Crippen molar-refractivity contribution in [3.05, 3.63) is 36.0 Å². The number of amides is 1. The molecule has 0 aliphatic carbocycles. The highest BCUT2D eigenvalue weighted by Gasteiger charge is 2.21. The SMILES string of the molecule is COc1ccc(C(=O)O[C@@H](C)C(=O)Nc2ccnn2C(C)C)cc1OC. The Morgan fingerprint density at radius 1 is 1.08 bits per heavy atom. The molecule has 1 aromatic heterocycles. The van der Waals surface area contributed by atoms with Gasteiger partial charge < -0.3 is 19.5 Å². The van der Waals surface area contributed by atoms with Crippen LogP contribution in [0.15, 0.2) is 30.5 Å². The minimum Gasteiger partial charge on any atom is -0.493 e. The summed E-state index contributed by atoms with van der Waals surface area (Å²) in [7, 11) is 2.98. The van der Waals surface area contributed by atoms with Gasteiger partial charge in [-0.2, -0.15) is 5.10 Å². The fourth-order valence-electron chi connectivity index (χ4n) is 2.30. The third kappa shape index (κ3) is 4.33. The van der Waals surface area contributed by atoms with E-state index in [9.17, 15) is 9.59 Å². The van der Waals surface area contributed by atoms with Gasteiger partial charge in [0.05, 0.1) is 26.0 Å². The first-order valence-electron chi connectivity index (χ1n) is 8.14. The zero-order valence-corrected chi connectivity index (χ0v) is 15.5. The van der Waals surface area contributed by atoms with E-state index in [0.717, 1.165) is 0 Å². The molecule has 1 amide bonds. The van der Waals surface area contributed by atoms with Crippen molar-refractivity contribution < 1.29 is 23.8 Å². The number of esters is 1. The Bertz CT molecular complexity index is 785. The predicted octanol–water partition coefficient (Wildman–Crippen LogP) is 2.67. The van der Waals surface area contributed by atoms with Crippen molar-refractivity contribution in [1.29, 1.82) is 0 Å². The summed E-state index contributed by atoms with van der Waals surface area (Å²) in [6.07, 6.45) is 0.613. The Morgan fingerprint density at radius 2 is 1.77 bits per heavy atom. The van der Waals surface area contributed by atoms with Crippen LogP contribution in [-0.2, 0) is 9.53 Å². The van der Waals surface area contributed by atoms with Gasteiger partial charge >= 0.3 is 5.97 Å². The lowest BCUT2D eigenvalue weighted by molar-refractivity contribution is -0.123. The van der Waals surface area contributed by atoms with E-state index in [1.165, 1.54) is 27.2 Å². The maximum atomic E-state index is 12.3. The van der Waals surface area contributed by atoms with E-state index in [4.69, 9.17) is 14.2 Å². The van der Waals surface area contributed by atoms with Crippen molar-refractivity contribution in [3.63, 3.8) is 0 Å². The molecule has 0 spiro atoms. The number of methoxy groups -OCH3 is 2. The third-order valence-corrected chi connectivity index (χ3v) is 3.68. The summed E-state index contributed by atoms with van der Waals surface area (Å²) >= 11 is 0. The van der Waals surface area contributed by atoms with Gasteiger partial charge in [0.2, 0.25) is 0 Å². The van der Waals surface area contributed by atoms with E-state index in [1.54, 1.807) is 29.1 Å². The Kier molecular flexibility index (Phi) is 6.21. The Hall–Kier alpha value is -3.03. The molecule has 26 heavy (non-hydrogen) atoms. The normalized spacial score (nSPS) is 11.8. The van der Waals surface area contributed by atoms with E-state index in [0.29, 0.717) is 17.3 Å². The topological polar surface area (TPSA) is 91.7 Å². The quantitative estimate of drug-likeness (QED) is 0.762. The molecule has 2 rings (SSSR count). The van der Waals surface area contributed by atoms with E-state index in [2.05, 4.69) is 10.4 Å². The summed E-state index contributed by atoms with van der Waals surface area (Å²) in [5.41, 5.74) is 0.259. The summed E-state index contributed by atoms with van der Waals surface area (Å²) in [5, 5.41) is 6.85. The largest absolute Gasteiger partial charge is 0.493 e. The van der Waals surface area contributed by atoms with Crippen molar-refractivity contribution in [3.8, 4) is 11.5 Å². The van der Waals surface area contributed by atoms with Crippen molar-refractivity contribution in [1.82, 2.24) is 9.78 Å². The molecular formula is C18H23N3O5. The lowest BCUT2D eigenvalue weighted by Gasteiger charge is -2.16. The first-order valence-corrected chi connectivity index (χ1v) is 8.14. The molecule has 1 atom stereocenters. The molecular weight excluding hydrogens is 338 g/mol. The fourth-order valence-corrected chi connectivity index (χ4v) is 2.30. The first-order chi connectivity index (χ1) is 12.4. The van der Waals surface area contributed by atoms with Crippen LogP contribution in [0.3, 0.4) is 0 Å². The minimum absolute atomic E-state index is 0.0879. The van der Waals surface area contributed by atoms with Crippen LogP contribution in [0.2, 0.25) is 0 Å². The van der Waals surface area contributed by atoms with Crippen molar-refractivity contribution >= 4 is 17.7 Å². The highest BCUT2D eigenvalue weighted by Crippen LogP contribution is 2.28. The second kappa shape index (κ2) is 8.37. The molecule has 1 heterocycles. The number of carbonyl (C=O) groups excluding carboxylic acids is 2. The second-order valence-corrected chi connectivity index (χ2v) is 5.86. The van der Waals surface area contributed by atoms with Gasteiger partial charge in [-0.3, -0.25) is 4.79 Å². The van der Waals surface area contributed by atoms with Gasteiger partial charge in [0.15, 0.2) is 17.6 Å². The van der Waals surface area contributed by atoms with Crippen molar-refractivity contribution in [2.24, 2.45) is 0 Å². The van der Waals surface area contributed by atoms with Crippen LogP contribution < -0.4 is 14.8 Å². The average Bonchev–Trinajstić information content (AvgIpc) is 3.09. The van der Waals surface area contributed by atoms with Crippen LogP contribution in [0.25, 0.3) is 0 Å². The Balaban J connectivity index is 2.04. The summed E-state index contributed by atoms with van der Waals surface area (Å²) in [6.45, 7) is 5.40. The van der Waals surface area contributed by atoms with Crippen molar-refractivity contribution in [2.75, 3.05) is 19.5 Å². The molecule has 0 unspecified atom stereocenters. The van der Waals surface area contributed by atoms with Gasteiger partial charge in [-0.1, -0.05) is 0 Å². The van der Waals surface area contributed by atoms with Crippen LogP contribution in [0, 0.1) is 0 Å². The third-order valence-electron chi connectivity index (χ3n) is 3.68. The highest BCUT2D eigenvalue weighted by molar-refractivity contribution is 5.97. The molecule has 2 aromatic rings. The monoisotopic (exact) mass is 361 g/mol. The lowest BCUT2D eigenvalue weighted by Crippen LogP contribution is -2.31. The molecule has 0 fully saturated rings. The second-order valence-electron chi connectivity index (χ2n) is 5.86. The number of rotatable bonds is 7. The van der Waals surface area contributed by atoms with Gasteiger partial charge in [0.25, 0.3) is 5.91 Å². The molecule has 8 nitrogen and oxygen atoms in total. The number of benzene rings is 1. The maximum Gasteiger partial charge on any atom is 0.339 e. The summed E-state index contributed by atoms with van der Waals surface area (Å²) in [4.78, 5) is 24.6. The first kappa shape index (κ1) is 19.3. The molecule has 1 N–H and O–H groups in total. The summed E-state index contributed by atoms with van der Waals surface area (Å²) < 4.78 is 17.2. The van der Waals surface area contributed by atoms with Crippen LogP contribution >= 0.6 is 0 Å². The molecule has 8 heteroatoms. The smallest absolute Gasteiger partial charge is 0.339 e. The molecule has 0 aliphatic heterocycles. The number of nitrogens with one attached hydrogen (secondary N) is 1. The molecule has 0 saturated carbocycles. The standard InChI is InChI=1S/C18H23N3O5/c1-11(2)21-16(8-9-19-21)20-17(22)12(3)26-18(23)13-6-7-14(24-4)15(10-13)25-5/h6-12H,1-5H3,(H,20,22)/t12-/m0/s1. The summed E-state index contributed by atoms with van der Waals surface area (Å²) in [5.74, 6) is 0.364. The Morgan fingerprint density at radius 3 is 2.38 bits per heavy atom. The van der Waals surface area contributed by atoms with Crippen LogP contribution in [-0.4, -0.2) is 42.0 Å². The zero-order chi connectivity index (χ0) is 19.3. The number of anilines is 1. The van der Waals surface area contributed by atoms with Gasteiger partial charge in [0.1, 0.15) is 5.82 Å². The number of aromatic nitrogens is 2. The Labute approximate surface area is 152 Å². The average molecular weight is 361 g/mol. The predicted molar refractivity (Wildman–Crippen MR) is 95.7 cm³/mol. The number of carbonyl (C=O) groups is 2. The van der Waals surface area contributed by atoms with Gasteiger partial charge in [0, 0.05) is 12.1 Å². The molecule has 140 valence electrons. The van der Waals surface area contributed by atoms with Crippen LogP contribution in [0.5, 0.6) is 11.5 Å². The van der Waals surface area contributed by atoms with Gasteiger partial charge in [-0.25, -0.2) is 9.48 Å². The fraction of sp³-hybridized carbons (Fsp3) is 0.389. The van der Waals surface area contributed by atoms with Crippen LogP contribution in [0.1, 0.15) is 37.2 Å².